The van der Waals surface area contributed by atoms with Crippen molar-refractivity contribution in [1.82, 2.24) is 4.98 Å². The summed E-state index contributed by atoms with van der Waals surface area (Å²) in [5.41, 5.74) is 7.19. The molecule has 0 atom stereocenters. The minimum Gasteiger partial charge on any atom is -0.386 e. The molecule has 0 fully saturated rings. The second-order valence-corrected chi connectivity index (χ2v) is 9.08. The van der Waals surface area contributed by atoms with E-state index in [1.165, 1.54) is 27.6 Å². The number of nitrogens with zero attached hydrogens (tertiary/aromatic N) is 1. The topological polar surface area (TPSA) is 33.1 Å². The van der Waals surface area contributed by atoms with Crippen molar-refractivity contribution in [1.29, 1.82) is 0 Å². The first kappa shape index (κ1) is 22.0. The van der Waals surface area contributed by atoms with Crippen LogP contribution in [0, 0.1) is 6.92 Å². The molecule has 2 heteroatoms. The smallest absolute Gasteiger partial charge is 0.0843 e. The molecule has 3 aromatic carbocycles. The van der Waals surface area contributed by atoms with Crippen LogP contribution in [0.4, 0.5) is 0 Å². The van der Waals surface area contributed by atoms with Crippen molar-refractivity contribution in [3.63, 3.8) is 0 Å². The number of fused-ring (bicyclic) bond motifs is 1. The van der Waals surface area contributed by atoms with E-state index in [4.69, 9.17) is 4.98 Å². The van der Waals surface area contributed by atoms with Crippen LogP contribution in [-0.2, 0) is 18.4 Å². The number of hydrogen-bond acceptors (Lipinski definition) is 2. The molecule has 0 saturated heterocycles. The highest BCUT2D eigenvalue weighted by molar-refractivity contribution is 5.81. The molecule has 1 N–H and O–H groups in total. The molecule has 0 aliphatic carbocycles. The molecule has 162 valence electrons. The number of aromatic nitrogens is 1. The average molecular weight is 422 g/mol. The molecular formula is C30H31NO. The Kier molecular flexibility index (Phi) is 6.53. The van der Waals surface area contributed by atoms with Crippen LogP contribution >= 0.6 is 0 Å². The number of aryl methyl sites for hydroxylation is 3. The maximum Gasteiger partial charge on any atom is 0.0843 e. The van der Waals surface area contributed by atoms with Gasteiger partial charge in [-0.3, -0.25) is 0 Å². The summed E-state index contributed by atoms with van der Waals surface area (Å²) in [6.45, 7) is 5.80. The monoisotopic (exact) mass is 421 g/mol. The van der Waals surface area contributed by atoms with Crippen molar-refractivity contribution in [2.45, 2.75) is 45.6 Å². The van der Waals surface area contributed by atoms with Gasteiger partial charge < -0.3 is 5.11 Å². The molecule has 4 rings (SSSR count). The van der Waals surface area contributed by atoms with Crippen LogP contribution in [-0.4, -0.2) is 10.1 Å². The predicted molar refractivity (Wildman–Crippen MR) is 136 cm³/mol. The van der Waals surface area contributed by atoms with Gasteiger partial charge in [-0.05, 0) is 86.1 Å². The maximum atomic E-state index is 10.4. The van der Waals surface area contributed by atoms with Crippen molar-refractivity contribution in [2.75, 3.05) is 0 Å². The van der Waals surface area contributed by atoms with Gasteiger partial charge in [-0.25, -0.2) is 4.98 Å². The van der Waals surface area contributed by atoms with Gasteiger partial charge in [0.1, 0.15) is 0 Å². The molecule has 0 aliphatic heterocycles. The van der Waals surface area contributed by atoms with E-state index in [1.54, 1.807) is 0 Å². The lowest BCUT2D eigenvalue weighted by atomic mass is 9.90. The molecule has 0 unspecified atom stereocenters. The Bertz CT molecular complexity index is 1250. The molecule has 1 aromatic heterocycles. The van der Waals surface area contributed by atoms with Gasteiger partial charge in [0.15, 0.2) is 0 Å². The third-order valence-corrected chi connectivity index (χ3v) is 5.85. The quantitative estimate of drug-likeness (QED) is 0.345. The Labute approximate surface area is 191 Å². The van der Waals surface area contributed by atoms with Crippen LogP contribution in [0.15, 0.2) is 78.9 Å². The molecule has 0 aliphatic rings. The predicted octanol–water partition coefficient (Wildman–Crippen LogP) is 7.12. The largest absolute Gasteiger partial charge is 0.386 e. The summed E-state index contributed by atoms with van der Waals surface area (Å²) in [6, 6.07) is 27.5. The number of aliphatic hydroxyl groups is 1. The van der Waals surface area contributed by atoms with E-state index in [2.05, 4.69) is 85.8 Å². The fraction of sp³-hybridized carbons (Fsp3) is 0.233. The summed E-state index contributed by atoms with van der Waals surface area (Å²) in [4.78, 5) is 4.78. The number of hydrogen-bond donors (Lipinski definition) is 1. The number of rotatable bonds is 7. The second kappa shape index (κ2) is 9.50. The fourth-order valence-corrected chi connectivity index (χ4v) is 4.19. The van der Waals surface area contributed by atoms with Crippen molar-refractivity contribution in [3.05, 3.63) is 112 Å². The van der Waals surface area contributed by atoms with E-state index < -0.39 is 5.60 Å². The molecule has 0 saturated carbocycles. The van der Waals surface area contributed by atoms with Crippen LogP contribution in [0.1, 0.15) is 53.8 Å². The summed E-state index contributed by atoms with van der Waals surface area (Å²) < 4.78 is 0. The molecule has 32 heavy (non-hydrogen) atoms. The molecule has 4 aromatic rings. The standard InChI is InChI=1S/C30H31NO/c1-22-14-16-26-17-19-27(31-29(26)20-22)18-15-24-9-6-8-23(21-24)10-7-12-25-11-4-5-13-28(25)30(2,3)32/h4-6,8-9,11,13-21,32H,7,10,12H2,1-3H3/b18-15-. The van der Waals surface area contributed by atoms with E-state index in [0.29, 0.717) is 0 Å². The van der Waals surface area contributed by atoms with E-state index in [-0.39, 0.29) is 0 Å². The Morgan fingerprint density at radius 3 is 2.50 bits per heavy atom. The summed E-state index contributed by atoms with van der Waals surface area (Å²) in [7, 11) is 0. The first-order valence-corrected chi connectivity index (χ1v) is 11.3. The minimum atomic E-state index is -0.809. The van der Waals surface area contributed by atoms with Gasteiger partial charge >= 0.3 is 0 Å². The molecule has 0 amide bonds. The number of pyridine rings is 1. The zero-order valence-corrected chi connectivity index (χ0v) is 19.2. The molecule has 0 bridgehead atoms. The zero-order chi connectivity index (χ0) is 22.6. The summed E-state index contributed by atoms with van der Waals surface area (Å²) in [5, 5.41) is 11.6. The van der Waals surface area contributed by atoms with Gasteiger partial charge in [0, 0.05) is 5.39 Å². The SMILES string of the molecule is Cc1ccc2ccc(/C=C\c3cccc(CCCc4ccccc4C(C)(C)O)c3)nc2c1. The summed E-state index contributed by atoms with van der Waals surface area (Å²) in [6.07, 6.45) is 7.24. The second-order valence-electron chi connectivity index (χ2n) is 9.08. The van der Waals surface area contributed by atoms with Gasteiger partial charge in [0.05, 0.1) is 16.8 Å². The van der Waals surface area contributed by atoms with Crippen molar-refractivity contribution < 1.29 is 5.11 Å². The van der Waals surface area contributed by atoms with E-state index in [1.807, 2.05) is 26.0 Å². The minimum absolute atomic E-state index is 0.809. The normalized spacial score (nSPS) is 12.0. The highest BCUT2D eigenvalue weighted by atomic mass is 16.3. The Morgan fingerprint density at radius 2 is 1.66 bits per heavy atom. The molecular weight excluding hydrogens is 390 g/mol. The average Bonchev–Trinajstić information content (AvgIpc) is 2.77. The zero-order valence-electron chi connectivity index (χ0n) is 19.2. The van der Waals surface area contributed by atoms with E-state index in [9.17, 15) is 5.11 Å². The van der Waals surface area contributed by atoms with Crippen LogP contribution in [0.3, 0.4) is 0 Å². The fourth-order valence-electron chi connectivity index (χ4n) is 4.19. The summed E-state index contributed by atoms with van der Waals surface area (Å²) in [5.74, 6) is 0. The van der Waals surface area contributed by atoms with Crippen LogP contribution in [0.5, 0.6) is 0 Å². The van der Waals surface area contributed by atoms with Crippen molar-refractivity contribution >= 4 is 23.1 Å². The van der Waals surface area contributed by atoms with Gasteiger partial charge in [-0.1, -0.05) is 72.8 Å². The first-order chi connectivity index (χ1) is 15.4. The van der Waals surface area contributed by atoms with Crippen LogP contribution < -0.4 is 0 Å². The first-order valence-electron chi connectivity index (χ1n) is 11.3. The van der Waals surface area contributed by atoms with E-state index >= 15 is 0 Å². The molecule has 1 heterocycles. The van der Waals surface area contributed by atoms with Crippen molar-refractivity contribution in [2.24, 2.45) is 0 Å². The van der Waals surface area contributed by atoms with Gasteiger partial charge in [-0.2, -0.15) is 0 Å². The molecule has 0 spiro atoms. The lowest BCUT2D eigenvalue weighted by molar-refractivity contribution is 0.0776. The van der Waals surface area contributed by atoms with Crippen LogP contribution in [0.25, 0.3) is 23.1 Å². The molecule has 2 nitrogen and oxygen atoms in total. The maximum absolute atomic E-state index is 10.4. The highest BCUT2D eigenvalue weighted by Gasteiger charge is 2.18. The Morgan fingerprint density at radius 1 is 0.844 bits per heavy atom. The Hall–Kier alpha value is -3.23. The van der Waals surface area contributed by atoms with Crippen LogP contribution in [0.2, 0.25) is 0 Å². The lowest BCUT2D eigenvalue weighted by Gasteiger charge is -2.21. The van der Waals surface area contributed by atoms with Gasteiger partial charge in [0.25, 0.3) is 0 Å². The number of benzene rings is 3. The third kappa shape index (κ3) is 5.52. The molecule has 0 radical (unpaired) electrons. The summed E-state index contributed by atoms with van der Waals surface area (Å²) >= 11 is 0. The highest BCUT2D eigenvalue weighted by Crippen LogP contribution is 2.25. The third-order valence-electron chi connectivity index (χ3n) is 5.85. The van der Waals surface area contributed by atoms with Gasteiger partial charge in [0.2, 0.25) is 0 Å². The Balaban J connectivity index is 1.42. The van der Waals surface area contributed by atoms with Crippen molar-refractivity contribution in [3.8, 4) is 0 Å². The van der Waals surface area contributed by atoms with E-state index in [0.717, 1.165) is 36.0 Å². The lowest BCUT2D eigenvalue weighted by Crippen LogP contribution is -2.18. The van der Waals surface area contributed by atoms with Gasteiger partial charge in [-0.15, -0.1) is 0 Å².